The fourth-order valence-electron chi connectivity index (χ4n) is 8.92. The number of carbonyl (C=O) groups excluding carboxylic acids is 4. The Kier molecular flexibility index (Phi) is 6.03. The minimum atomic E-state index is -0.573. The van der Waals surface area contributed by atoms with Crippen molar-refractivity contribution in [3.8, 4) is 0 Å². The summed E-state index contributed by atoms with van der Waals surface area (Å²) in [7, 11) is 0. The zero-order valence-corrected chi connectivity index (χ0v) is 22.0. The fraction of sp³-hybridized carbons (Fsp3) is 0.786. The van der Waals surface area contributed by atoms with Crippen LogP contribution in [0, 0.1) is 28.6 Å². The van der Waals surface area contributed by atoms with Gasteiger partial charge in [0.05, 0.1) is 0 Å². The highest BCUT2D eigenvalue weighted by molar-refractivity contribution is 5.72. The van der Waals surface area contributed by atoms with Crippen LogP contribution in [0.15, 0.2) is 11.6 Å². The van der Waals surface area contributed by atoms with Crippen molar-refractivity contribution < 1.29 is 38.1 Å². The van der Waals surface area contributed by atoms with E-state index in [0.29, 0.717) is 25.7 Å². The summed E-state index contributed by atoms with van der Waals surface area (Å²) >= 11 is 0. The predicted molar refractivity (Wildman–Crippen MR) is 127 cm³/mol. The van der Waals surface area contributed by atoms with E-state index in [1.165, 1.54) is 20.8 Å². The molecule has 5 aliphatic rings. The van der Waals surface area contributed by atoms with E-state index in [4.69, 9.17) is 18.9 Å². The summed E-state index contributed by atoms with van der Waals surface area (Å²) in [5.74, 6) is -1.16. The first-order valence-electron chi connectivity index (χ1n) is 13.3. The van der Waals surface area contributed by atoms with Crippen molar-refractivity contribution >= 4 is 23.9 Å². The monoisotopic (exact) mass is 502 g/mol. The second-order valence-electron chi connectivity index (χ2n) is 12.1. The average Bonchev–Trinajstić information content (AvgIpc) is 3.27. The Morgan fingerprint density at radius 1 is 0.944 bits per heavy atom. The minimum Gasteiger partial charge on any atom is -0.462 e. The quantitative estimate of drug-likeness (QED) is 0.323. The summed E-state index contributed by atoms with van der Waals surface area (Å²) in [5, 5.41) is 0. The Hall–Kier alpha value is -2.38. The van der Waals surface area contributed by atoms with Crippen LogP contribution >= 0.6 is 0 Å². The highest BCUT2D eigenvalue weighted by atomic mass is 16.6. The van der Waals surface area contributed by atoms with Gasteiger partial charge in [0.1, 0.15) is 23.9 Å². The molecule has 8 nitrogen and oxygen atoms in total. The standard InChI is InChI=1S/C28H38O8/c1-15(29)33-19-6-9-26(4)18(12-19)13-21(34-16(2)30)24-20-7-10-28(11-8-23(32)36-28)27(20,5)14-22(25(24)26)35-17(3)31/h13,19-22,24-25H,6-12,14H2,1-5H3/t19-,20?,21?,22?,24?,25?,26-,27-,28?/m0/s1. The number of ether oxygens (including phenoxy) is 4. The molecule has 0 aromatic heterocycles. The van der Waals surface area contributed by atoms with E-state index >= 15 is 0 Å². The highest BCUT2D eigenvalue weighted by Crippen LogP contribution is 2.70. The molecular weight excluding hydrogens is 464 g/mol. The molecule has 0 bridgehead atoms. The van der Waals surface area contributed by atoms with Crippen molar-refractivity contribution in [3.63, 3.8) is 0 Å². The Morgan fingerprint density at radius 2 is 1.64 bits per heavy atom. The van der Waals surface area contributed by atoms with E-state index in [2.05, 4.69) is 19.9 Å². The first-order chi connectivity index (χ1) is 16.9. The smallest absolute Gasteiger partial charge is 0.306 e. The predicted octanol–water partition coefficient (Wildman–Crippen LogP) is 4.04. The molecule has 4 fully saturated rings. The third-order valence-corrected chi connectivity index (χ3v) is 10.3. The molecule has 1 saturated heterocycles. The molecule has 0 N–H and O–H groups in total. The number of rotatable bonds is 3. The molecule has 0 aromatic rings. The van der Waals surface area contributed by atoms with Crippen LogP contribution in [0.1, 0.15) is 86.0 Å². The average molecular weight is 503 g/mol. The van der Waals surface area contributed by atoms with Gasteiger partial charge in [0.25, 0.3) is 0 Å². The molecule has 1 aliphatic heterocycles. The summed E-state index contributed by atoms with van der Waals surface area (Å²) in [6.07, 6.45) is 6.38. The van der Waals surface area contributed by atoms with E-state index in [1.807, 2.05) is 0 Å². The first-order valence-corrected chi connectivity index (χ1v) is 13.3. The number of hydrogen-bond donors (Lipinski definition) is 0. The zero-order valence-electron chi connectivity index (χ0n) is 22.0. The van der Waals surface area contributed by atoms with E-state index in [1.54, 1.807) is 0 Å². The molecule has 3 saturated carbocycles. The lowest BCUT2D eigenvalue weighted by atomic mass is 9.45. The van der Waals surface area contributed by atoms with Gasteiger partial charge in [-0.3, -0.25) is 19.2 Å². The molecule has 36 heavy (non-hydrogen) atoms. The summed E-state index contributed by atoms with van der Waals surface area (Å²) in [6, 6.07) is 0. The summed E-state index contributed by atoms with van der Waals surface area (Å²) in [6.45, 7) is 8.69. The number of hydrogen-bond acceptors (Lipinski definition) is 8. The van der Waals surface area contributed by atoms with E-state index in [-0.39, 0.29) is 53.1 Å². The zero-order chi connectivity index (χ0) is 26.0. The van der Waals surface area contributed by atoms with Crippen molar-refractivity contribution in [1.29, 1.82) is 0 Å². The van der Waals surface area contributed by atoms with Crippen LogP contribution in [0.2, 0.25) is 0 Å². The number of esters is 4. The van der Waals surface area contributed by atoms with Crippen LogP contribution in [0.3, 0.4) is 0 Å². The first kappa shape index (κ1) is 25.3. The highest BCUT2D eigenvalue weighted by Gasteiger charge is 2.71. The Balaban J connectivity index is 1.61. The summed E-state index contributed by atoms with van der Waals surface area (Å²) in [4.78, 5) is 48.6. The van der Waals surface area contributed by atoms with Crippen molar-refractivity contribution in [2.24, 2.45) is 28.6 Å². The van der Waals surface area contributed by atoms with Gasteiger partial charge in [0.2, 0.25) is 0 Å². The maximum absolute atomic E-state index is 12.4. The summed E-state index contributed by atoms with van der Waals surface area (Å²) < 4.78 is 23.7. The van der Waals surface area contributed by atoms with Crippen LogP contribution in [0.25, 0.3) is 0 Å². The van der Waals surface area contributed by atoms with Crippen molar-refractivity contribution in [2.45, 2.75) is 110 Å². The molecule has 8 heteroatoms. The van der Waals surface area contributed by atoms with E-state index in [9.17, 15) is 19.2 Å². The topological polar surface area (TPSA) is 105 Å². The third-order valence-electron chi connectivity index (χ3n) is 10.3. The Bertz CT molecular complexity index is 1020. The second kappa shape index (κ2) is 8.59. The van der Waals surface area contributed by atoms with E-state index in [0.717, 1.165) is 31.3 Å². The molecular formula is C28H38O8. The normalized spacial score (nSPS) is 45.0. The lowest BCUT2D eigenvalue weighted by Crippen LogP contribution is -2.63. The van der Waals surface area contributed by atoms with Crippen LogP contribution < -0.4 is 0 Å². The molecule has 0 radical (unpaired) electrons. The van der Waals surface area contributed by atoms with Crippen LogP contribution in [-0.4, -0.2) is 47.8 Å². The van der Waals surface area contributed by atoms with Gasteiger partial charge in [-0.2, -0.15) is 0 Å². The molecule has 9 atom stereocenters. The van der Waals surface area contributed by atoms with Gasteiger partial charge in [0, 0.05) is 50.9 Å². The van der Waals surface area contributed by atoms with Crippen LogP contribution in [0.4, 0.5) is 0 Å². The molecule has 198 valence electrons. The molecule has 1 heterocycles. The molecule has 0 amide bonds. The van der Waals surface area contributed by atoms with Crippen molar-refractivity contribution in [1.82, 2.24) is 0 Å². The van der Waals surface area contributed by atoms with Gasteiger partial charge < -0.3 is 18.9 Å². The SMILES string of the molecule is CC(=O)OC1C=C2C[C@@H](OC(C)=O)CC[C@]2(C)C2C(OC(C)=O)C[C@@]3(C)C(CCC34CCC(=O)O4)C12. The second-order valence-corrected chi connectivity index (χ2v) is 12.1. The maximum Gasteiger partial charge on any atom is 0.306 e. The van der Waals surface area contributed by atoms with Crippen molar-refractivity contribution in [3.05, 3.63) is 11.6 Å². The fourth-order valence-corrected chi connectivity index (χ4v) is 8.92. The molecule has 5 rings (SSSR count). The van der Waals surface area contributed by atoms with Gasteiger partial charge in [-0.25, -0.2) is 0 Å². The third kappa shape index (κ3) is 3.77. The van der Waals surface area contributed by atoms with Crippen LogP contribution in [0.5, 0.6) is 0 Å². The largest absolute Gasteiger partial charge is 0.462 e. The maximum atomic E-state index is 12.4. The van der Waals surface area contributed by atoms with E-state index < -0.39 is 23.2 Å². The number of carbonyl (C=O) groups is 4. The minimum absolute atomic E-state index is 0.0608. The lowest BCUT2D eigenvalue weighted by Gasteiger charge is -2.62. The van der Waals surface area contributed by atoms with Crippen molar-refractivity contribution in [2.75, 3.05) is 0 Å². The molecule has 4 aliphatic carbocycles. The van der Waals surface area contributed by atoms with Gasteiger partial charge in [-0.05, 0) is 55.9 Å². The van der Waals surface area contributed by atoms with Gasteiger partial charge in [0.15, 0.2) is 0 Å². The molecule has 6 unspecified atom stereocenters. The van der Waals surface area contributed by atoms with Gasteiger partial charge in [-0.1, -0.05) is 19.4 Å². The molecule has 0 aromatic carbocycles. The summed E-state index contributed by atoms with van der Waals surface area (Å²) in [5.41, 5.74) is -0.151. The Morgan fingerprint density at radius 3 is 2.25 bits per heavy atom. The van der Waals surface area contributed by atoms with Crippen LogP contribution in [-0.2, 0) is 38.1 Å². The Labute approximate surface area is 212 Å². The van der Waals surface area contributed by atoms with Gasteiger partial charge in [-0.15, -0.1) is 0 Å². The molecule has 1 spiro atoms. The lowest BCUT2D eigenvalue weighted by molar-refractivity contribution is -0.209. The van der Waals surface area contributed by atoms with Gasteiger partial charge >= 0.3 is 23.9 Å². The number of fused-ring (bicyclic) bond motifs is 6.